The van der Waals surface area contributed by atoms with Crippen molar-refractivity contribution in [2.75, 3.05) is 7.11 Å². The summed E-state index contributed by atoms with van der Waals surface area (Å²) >= 11 is 0. The van der Waals surface area contributed by atoms with Gasteiger partial charge in [0.25, 0.3) is 0 Å². The molecule has 19 heavy (non-hydrogen) atoms. The van der Waals surface area contributed by atoms with Crippen molar-refractivity contribution in [3.63, 3.8) is 0 Å². The van der Waals surface area contributed by atoms with E-state index < -0.39 is 0 Å². The van der Waals surface area contributed by atoms with Gasteiger partial charge in [-0.15, -0.1) is 0 Å². The van der Waals surface area contributed by atoms with Crippen LogP contribution in [0.4, 0.5) is 0 Å². The Bertz CT molecular complexity index is 344. The molecule has 0 spiro atoms. The van der Waals surface area contributed by atoms with Crippen LogP contribution >= 0.6 is 0 Å². The highest BCUT2D eigenvalue weighted by molar-refractivity contribution is 5.20. The first-order valence-corrected chi connectivity index (χ1v) is 7.40. The Kier molecular flexibility index (Phi) is 8.14. The molecule has 0 aliphatic carbocycles. The summed E-state index contributed by atoms with van der Waals surface area (Å²) in [7, 11) is 1.61. The molecule has 1 heterocycles. The molecule has 4 nitrogen and oxygen atoms in total. The van der Waals surface area contributed by atoms with E-state index in [9.17, 15) is 0 Å². The second-order valence-electron chi connectivity index (χ2n) is 4.97. The summed E-state index contributed by atoms with van der Waals surface area (Å²) < 4.78 is 5.18. The third kappa shape index (κ3) is 6.01. The predicted octanol–water partition coefficient (Wildman–Crippen LogP) is 3.63. The molecular weight excluding hydrogens is 238 g/mol. The molecule has 0 amide bonds. The van der Waals surface area contributed by atoms with E-state index in [1.54, 1.807) is 19.5 Å². The maximum Gasteiger partial charge on any atom is 0.236 e. The summed E-state index contributed by atoms with van der Waals surface area (Å²) in [6, 6.07) is -0.0701. The highest BCUT2D eigenvalue weighted by Gasteiger charge is 2.13. The molecule has 0 aliphatic heterocycles. The van der Waals surface area contributed by atoms with Crippen molar-refractivity contribution in [3.05, 3.63) is 18.1 Å². The highest BCUT2D eigenvalue weighted by atomic mass is 16.5. The van der Waals surface area contributed by atoms with Crippen LogP contribution in [0.1, 0.15) is 70.0 Å². The van der Waals surface area contributed by atoms with Gasteiger partial charge in [-0.1, -0.05) is 51.9 Å². The van der Waals surface area contributed by atoms with E-state index in [1.807, 2.05) is 0 Å². The van der Waals surface area contributed by atoms with E-state index in [2.05, 4.69) is 16.9 Å². The molecule has 1 aromatic rings. The van der Waals surface area contributed by atoms with Gasteiger partial charge in [-0.3, -0.25) is 4.98 Å². The number of aromatic nitrogens is 2. The Morgan fingerprint density at radius 3 is 2.37 bits per heavy atom. The molecule has 4 heteroatoms. The van der Waals surface area contributed by atoms with Gasteiger partial charge in [0.05, 0.1) is 13.2 Å². The zero-order valence-corrected chi connectivity index (χ0v) is 12.3. The first-order chi connectivity index (χ1) is 9.29. The van der Waals surface area contributed by atoms with Gasteiger partial charge in [0.2, 0.25) is 5.88 Å². The first-order valence-electron chi connectivity index (χ1n) is 7.40. The van der Waals surface area contributed by atoms with Crippen molar-refractivity contribution < 1.29 is 4.74 Å². The zero-order valence-electron chi connectivity index (χ0n) is 12.3. The van der Waals surface area contributed by atoms with Crippen LogP contribution in [-0.4, -0.2) is 17.1 Å². The molecule has 2 N–H and O–H groups in total. The van der Waals surface area contributed by atoms with Gasteiger partial charge in [0, 0.05) is 12.4 Å². The average molecular weight is 265 g/mol. The predicted molar refractivity (Wildman–Crippen MR) is 78.1 cm³/mol. The van der Waals surface area contributed by atoms with Crippen molar-refractivity contribution in [2.45, 2.75) is 64.3 Å². The molecule has 1 unspecified atom stereocenters. The van der Waals surface area contributed by atoms with Crippen LogP contribution in [0.5, 0.6) is 5.88 Å². The minimum Gasteiger partial charge on any atom is -0.480 e. The zero-order chi connectivity index (χ0) is 13.9. The fraction of sp³-hybridized carbons (Fsp3) is 0.733. The summed E-state index contributed by atoms with van der Waals surface area (Å²) in [5.41, 5.74) is 6.93. The first kappa shape index (κ1) is 15.9. The number of hydrogen-bond donors (Lipinski definition) is 1. The number of hydrogen-bond acceptors (Lipinski definition) is 4. The highest BCUT2D eigenvalue weighted by Crippen LogP contribution is 2.22. The van der Waals surface area contributed by atoms with Crippen molar-refractivity contribution in [2.24, 2.45) is 5.73 Å². The normalized spacial score (nSPS) is 12.4. The summed E-state index contributed by atoms with van der Waals surface area (Å²) in [5.74, 6) is 0.554. The Morgan fingerprint density at radius 2 is 1.68 bits per heavy atom. The lowest BCUT2D eigenvalue weighted by atomic mass is 10.0. The fourth-order valence-corrected chi connectivity index (χ4v) is 2.21. The molecule has 0 radical (unpaired) electrons. The molecule has 0 saturated heterocycles. The van der Waals surface area contributed by atoms with Gasteiger partial charge in [-0.25, -0.2) is 4.98 Å². The average Bonchev–Trinajstić information content (AvgIpc) is 2.46. The van der Waals surface area contributed by atoms with Gasteiger partial charge in [0.15, 0.2) is 0 Å². The Labute approximate surface area is 116 Å². The van der Waals surface area contributed by atoms with E-state index >= 15 is 0 Å². The van der Waals surface area contributed by atoms with Crippen molar-refractivity contribution in [1.29, 1.82) is 0 Å². The molecule has 0 bridgehead atoms. The second-order valence-corrected chi connectivity index (χ2v) is 4.97. The van der Waals surface area contributed by atoms with Gasteiger partial charge < -0.3 is 10.5 Å². The van der Waals surface area contributed by atoms with Gasteiger partial charge in [0.1, 0.15) is 5.69 Å². The number of unbranched alkanes of at least 4 members (excludes halogenated alkanes) is 6. The second kappa shape index (κ2) is 9.73. The maximum atomic E-state index is 6.15. The third-order valence-corrected chi connectivity index (χ3v) is 3.35. The van der Waals surface area contributed by atoms with E-state index in [-0.39, 0.29) is 6.04 Å². The molecule has 0 aromatic carbocycles. The molecule has 1 atom stereocenters. The molecular formula is C15H27N3O. The molecule has 1 aromatic heterocycles. The number of nitrogens with zero attached hydrogens (tertiary/aromatic N) is 2. The van der Waals surface area contributed by atoms with Crippen LogP contribution in [0.2, 0.25) is 0 Å². The summed E-state index contributed by atoms with van der Waals surface area (Å²) in [4.78, 5) is 8.41. The van der Waals surface area contributed by atoms with Crippen LogP contribution in [0, 0.1) is 0 Å². The van der Waals surface area contributed by atoms with Crippen LogP contribution in [0.15, 0.2) is 12.4 Å². The molecule has 0 fully saturated rings. The van der Waals surface area contributed by atoms with Gasteiger partial charge >= 0.3 is 0 Å². The van der Waals surface area contributed by atoms with Crippen molar-refractivity contribution in [1.82, 2.24) is 9.97 Å². The topological polar surface area (TPSA) is 61.0 Å². The summed E-state index contributed by atoms with van der Waals surface area (Å²) in [6.07, 6.45) is 13.3. The minimum absolute atomic E-state index is 0.0701. The number of methoxy groups -OCH3 is 1. The standard InChI is InChI=1S/C15H27N3O/c1-3-4-5-6-7-8-9-10-13(16)14-15(19-2)18-12-11-17-14/h11-13H,3-10,16H2,1-2H3. The number of ether oxygens (including phenoxy) is 1. The number of rotatable bonds is 10. The van der Waals surface area contributed by atoms with Crippen LogP contribution in [0.25, 0.3) is 0 Å². The van der Waals surface area contributed by atoms with Gasteiger partial charge in [-0.05, 0) is 6.42 Å². The molecule has 108 valence electrons. The van der Waals surface area contributed by atoms with E-state index in [0.29, 0.717) is 5.88 Å². The van der Waals surface area contributed by atoms with E-state index in [4.69, 9.17) is 10.5 Å². The van der Waals surface area contributed by atoms with Crippen LogP contribution < -0.4 is 10.5 Å². The molecule has 0 aliphatic rings. The lowest BCUT2D eigenvalue weighted by Gasteiger charge is -2.13. The van der Waals surface area contributed by atoms with E-state index in [1.165, 1.54) is 38.5 Å². The van der Waals surface area contributed by atoms with Crippen LogP contribution in [-0.2, 0) is 0 Å². The minimum atomic E-state index is -0.0701. The lowest BCUT2D eigenvalue weighted by Crippen LogP contribution is -2.14. The Morgan fingerprint density at radius 1 is 1.05 bits per heavy atom. The number of nitrogens with two attached hydrogens (primary N) is 1. The van der Waals surface area contributed by atoms with E-state index in [0.717, 1.165) is 18.5 Å². The van der Waals surface area contributed by atoms with Gasteiger partial charge in [-0.2, -0.15) is 0 Å². The quantitative estimate of drug-likeness (QED) is 0.656. The fourth-order valence-electron chi connectivity index (χ4n) is 2.21. The molecule has 1 rings (SSSR count). The summed E-state index contributed by atoms with van der Waals surface area (Å²) in [6.45, 7) is 2.24. The molecule has 0 saturated carbocycles. The lowest BCUT2D eigenvalue weighted by molar-refractivity contribution is 0.381. The smallest absolute Gasteiger partial charge is 0.236 e. The van der Waals surface area contributed by atoms with Crippen molar-refractivity contribution >= 4 is 0 Å². The van der Waals surface area contributed by atoms with Crippen LogP contribution in [0.3, 0.4) is 0 Å². The summed E-state index contributed by atoms with van der Waals surface area (Å²) in [5, 5.41) is 0. The monoisotopic (exact) mass is 265 g/mol. The van der Waals surface area contributed by atoms with Crippen molar-refractivity contribution in [3.8, 4) is 5.88 Å². The Balaban J connectivity index is 2.22. The SMILES string of the molecule is CCCCCCCCCC(N)c1nccnc1OC. The third-order valence-electron chi connectivity index (χ3n) is 3.35. The largest absolute Gasteiger partial charge is 0.480 e. The Hall–Kier alpha value is -1.16. The maximum absolute atomic E-state index is 6.15.